The van der Waals surface area contributed by atoms with Gasteiger partial charge < -0.3 is 10.6 Å². The van der Waals surface area contributed by atoms with Crippen LogP contribution in [0.5, 0.6) is 0 Å². The van der Waals surface area contributed by atoms with Crippen LogP contribution in [0.15, 0.2) is 40.7 Å². The van der Waals surface area contributed by atoms with Gasteiger partial charge in [0.15, 0.2) is 5.96 Å². The number of halogens is 1. The molecule has 2 aromatic rings. The summed E-state index contributed by atoms with van der Waals surface area (Å²) in [5, 5.41) is 10.0. The first-order valence-electron chi connectivity index (χ1n) is 9.82. The summed E-state index contributed by atoms with van der Waals surface area (Å²) in [6, 6.07) is 11.1. The Hall–Kier alpha value is -1.19. The fraction of sp³-hybridized carbons (Fsp3) is 0.524. The van der Waals surface area contributed by atoms with Crippen molar-refractivity contribution in [2.45, 2.75) is 52.7 Å². The van der Waals surface area contributed by atoms with E-state index in [4.69, 9.17) is 0 Å². The molecule has 2 rings (SSSR count). The summed E-state index contributed by atoms with van der Waals surface area (Å²) < 4.78 is 0. The van der Waals surface area contributed by atoms with Crippen molar-refractivity contribution in [3.05, 3.63) is 52.0 Å². The van der Waals surface area contributed by atoms with Gasteiger partial charge in [-0.1, -0.05) is 37.3 Å². The van der Waals surface area contributed by atoms with Crippen LogP contribution in [-0.2, 0) is 19.5 Å². The Bertz CT molecular complexity index is 689. The summed E-state index contributed by atoms with van der Waals surface area (Å²) in [5.41, 5.74) is 2.40. The minimum Gasteiger partial charge on any atom is -0.357 e. The molecule has 0 radical (unpaired) electrons. The molecule has 5 nitrogen and oxygen atoms in total. The Balaban J connectivity index is 0.00000392. The Labute approximate surface area is 191 Å². The Morgan fingerprint density at radius 1 is 1.21 bits per heavy atom. The molecule has 0 amide bonds. The Morgan fingerprint density at radius 3 is 2.61 bits per heavy atom. The van der Waals surface area contributed by atoms with Crippen molar-refractivity contribution in [2.24, 2.45) is 4.99 Å². The first kappa shape index (κ1) is 24.8. The van der Waals surface area contributed by atoms with Gasteiger partial charge in [-0.2, -0.15) is 0 Å². The van der Waals surface area contributed by atoms with Crippen LogP contribution in [-0.4, -0.2) is 42.0 Å². The molecule has 28 heavy (non-hydrogen) atoms. The summed E-state index contributed by atoms with van der Waals surface area (Å²) in [6.45, 7) is 9.83. The molecular weight excluding hydrogens is 481 g/mol. The second-order valence-corrected chi connectivity index (χ2v) is 7.69. The predicted octanol–water partition coefficient (Wildman–Crippen LogP) is 4.29. The Kier molecular flexibility index (Phi) is 12.3. The maximum Gasteiger partial charge on any atom is 0.191 e. The topological polar surface area (TPSA) is 52.6 Å². The number of thiazole rings is 1. The molecule has 156 valence electrons. The average molecular weight is 516 g/mol. The third kappa shape index (κ3) is 8.87. The standard InChI is InChI=1S/C21H33N5S.HI/c1-5-20-25-19(16-27-20)14-24-21(22-6-2)23-13-12-17(3)26(4)15-18-10-8-7-9-11-18;/h7-11,16-17H,5-6,12-15H2,1-4H3,(H2,22,23,24);1H. The third-order valence-electron chi connectivity index (χ3n) is 4.53. The maximum atomic E-state index is 4.67. The molecule has 0 aliphatic carbocycles. The van der Waals surface area contributed by atoms with E-state index >= 15 is 0 Å². The highest BCUT2D eigenvalue weighted by Gasteiger charge is 2.10. The number of guanidine groups is 1. The zero-order valence-electron chi connectivity index (χ0n) is 17.4. The van der Waals surface area contributed by atoms with Gasteiger partial charge in [0.25, 0.3) is 0 Å². The number of nitrogens with one attached hydrogen (secondary N) is 2. The van der Waals surface area contributed by atoms with E-state index in [-0.39, 0.29) is 24.0 Å². The zero-order valence-corrected chi connectivity index (χ0v) is 20.6. The fourth-order valence-corrected chi connectivity index (χ4v) is 3.47. The predicted molar refractivity (Wildman–Crippen MR) is 132 cm³/mol. The maximum absolute atomic E-state index is 4.67. The summed E-state index contributed by atoms with van der Waals surface area (Å²) in [5.74, 6) is 0.862. The van der Waals surface area contributed by atoms with Crippen LogP contribution in [0, 0.1) is 0 Å². The number of hydrogen-bond donors (Lipinski definition) is 2. The number of aromatic nitrogens is 1. The summed E-state index contributed by atoms with van der Waals surface area (Å²) in [4.78, 5) is 11.6. The van der Waals surface area contributed by atoms with E-state index < -0.39 is 0 Å². The second kappa shape index (κ2) is 13.9. The van der Waals surface area contributed by atoms with Crippen LogP contribution >= 0.6 is 35.3 Å². The lowest BCUT2D eigenvalue weighted by Crippen LogP contribution is -2.40. The largest absolute Gasteiger partial charge is 0.357 e. The highest BCUT2D eigenvalue weighted by Crippen LogP contribution is 2.11. The van der Waals surface area contributed by atoms with Crippen molar-refractivity contribution in [1.82, 2.24) is 20.5 Å². The minimum absolute atomic E-state index is 0. The molecule has 0 saturated carbocycles. The molecule has 1 aromatic carbocycles. The molecule has 0 saturated heterocycles. The summed E-state index contributed by atoms with van der Waals surface area (Å²) in [6.07, 6.45) is 2.05. The van der Waals surface area contributed by atoms with E-state index in [0.29, 0.717) is 12.6 Å². The molecule has 0 fully saturated rings. The molecule has 0 bridgehead atoms. The second-order valence-electron chi connectivity index (χ2n) is 6.75. The number of benzene rings is 1. The van der Waals surface area contributed by atoms with Crippen molar-refractivity contribution in [3.63, 3.8) is 0 Å². The zero-order chi connectivity index (χ0) is 19.5. The van der Waals surface area contributed by atoms with Gasteiger partial charge in [-0.05, 0) is 39.3 Å². The van der Waals surface area contributed by atoms with Crippen LogP contribution in [0.25, 0.3) is 0 Å². The van der Waals surface area contributed by atoms with Gasteiger partial charge in [0.1, 0.15) is 0 Å². The van der Waals surface area contributed by atoms with Gasteiger partial charge >= 0.3 is 0 Å². The van der Waals surface area contributed by atoms with Crippen LogP contribution in [0.1, 0.15) is 43.5 Å². The third-order valence-corrected chi connectivity index (χ3v) is 5.57. The molecule has 0 aliphatic heterocycles. The van der Waals surface area contributed by atoms with Gasteiger partial charge in [-0.25, -0.2) is 9.98 Å². The van der Waals surface area contributed by atoms with E-state index in [1.54, 1.807) is 11.3 Å². The number of aliphatic imine (C=N–C) groups is 1. The lowest BCUT2D eigenvalue weighted by atomic mass is 10.1. The number of hydrogen-bond acceptors (Lipinski definition) is 4. The first-order valence-corrected chi connectivity index (χ1v) is 10.7. The molecule has 0 spiro atoms. The molecular formula is C21H34IN5S. The number of aryl methyl sites for hydroxylation is 1. The fourth-order valence-electron chi connectivity index (χ4n) is 2.73. The first-order chi connectivity index (χ1) is 13.1. The highest BCUT2D eigenvalue weighted by atomic mass is 127. The van der Waals surface area contributed by atoms with Crippen molar-refractivity contribution < 1.29 is 0 Å². The highest BCUT2D eigenvalue weighted by molar-refractivity contribution is 14.0. The average Bonchev–Trinajstić information content (AvgIpc) is 3.15. The SMILES string of the molecule is CCNC(=NCc1csc(CC)n1)NCCC(C)N(C)Cc1ccccc1.I. The lowest BCUT2D eigenvalue weighted by molar-refractivity contribution is 0.238. The Morgan fingerprint density at radius 2 is 1.96 bits per heavy atom. The number of nitrogens with zero attached hydrogens (tertiary/aromatic N) is 3. The normalized spacial score (nSPS) is 12.5. The molecule has 1 unspecified atom stereocenters. The smallest absolute Gasteiger partial charge is 0.191 e. The lowest BCUT2D eigenvalue weighted by Gasteiger charge is -2.25. The van der Waals surface area contributed by atoms with Gasteiger partial charge in [0.05, 0.1) is 17.2 Å². The van der Waals surface area contributed by atoms with Crippen LogP contribution in [0.3, 0.4) is 0 Å². The molecule has 0 aliphatic rings. The molecule has 1 heterocycles. The van der Waals surface area contributed by atoms with Crippen LogP contribution in [0.4, 0.5) is 0 Å². The minimum atomic E-state index is 0. The van der Waals surface area contributed by atoms with Gasteiger partial charge in [-0.15, -0.1) is 35.3 Å². The number of rotatable bonds is 10. The molecule has 1 aromatic heterocycles. The van der Waals surface area contributed by atoms with Crippen LogP contribution < -0.4 is 10.6 Å². The van der Waals surface area contributed by atoms with Crippen molar-refractivity contribution in [2.75, 3.05) is 20.1 Å². The molecule has 2 N–H and O–H groups in total. The van der Waals surface area contributed by atoms with Crippen LogP contribution in [0.2, 0.25) is 0 Å². The summed E-state index contributed by atoms with van der Waals surface area (Å²) in [7, 11) is 2.19. The van der Waals surface area contributed by atoms with E-state index in [2.05, 4.69) is 89.0 Å². The molecule has 7 heteroatoms. The molecule has 1 atom stereocenters. The van der Waals surface area contributed by atoms with Crippen molar-refractivity contribution >= 4 is 41.3 Å². The quantitative estimate of drug-likeness (QED) is 0.282. The van der Waals surface area contributed by atoms with E-state index in [9.17, 15) is 0 Å². The monoisotopic (exact) mass is 515 g/mol. The van der Waals surface area contributed by atoms with Crippen molar-refractivity contribution in [1.29, 1.82) is 0 Å². The van der Waals surface area contributed by atoms with Gasteiger partial charge in [0.2, 0.25) is 0 Å². The van der Waals surface area contributed by atoms with E-state index in [1.165, 1.54) is 10.6 Å². The van der Waals surface area contributed by atoms with E-state index in [0.717, 1.165) is 44.1 Å². The van der Waals surface area contributed by atoms with E-state index in [1.807, 2.05) is 0 Å². The van der Waals surface area contributed by atoms with Gasteiger partial charge in [-0.3, -0.25) is 4.90 Å². The summed E-state index contributed by atoms with van der Waals surface area (Å²) >= 11 is 1.71. The van der Waals surface area contributed by atoms with Crippen molar-refractivity contribution in [3.8, 4) is 0 Å². The van der Waals surface area contributed by atoms with Gasteiger partial charge in [0, 0.05) is 31.1 Å².